The van der Waals surface area contributed by atoms with E-state index >= 15 is 0 Å². The van der Waals surface area contributed by atoms with E-state index in [1.54, 1.807) is 29.9 Å². The fourth-order valence-electron chi connectivity index (χ4n) is 1.23. The van der Waals surface area contributed by atoms with Crippen molar-refractivity contribution < 1.29 is 4.79 Å². The quantitative estimate of drug-likeness (QED) is 0.650. The molecular weight excluding hydrogens is 180 g/mol. The molecular formula is C9H8N4O. The molecule has 5 nitrogen and oxygen atoms in total. The molecule has 0 aliphatic carbocycles. The van der Waals surface area contributed by atoms with Crippen molar-refractivity contribution in [2.75, 3.05) is 0 Å². The van der Waals surface area contributed by atoms with Crippen LogP contribution in [0.15, 0.2) is 24.3 Å². The number of aromatic nitrogens is 4. The molecule has 0 saturated carbocycles. The van der Waals surface area contributed by atoms with Crippen LogP contribution in [0, 0.1) is 0 Å². The summed E-state index contributed by atoms with van der Waals surface area (Å²) in [6, 6.07) is 7.14. The van der Waals surface area contributed by atoms with E-state index in [4.69, 9.17) is 0 Å². The molecule has 1 heterocycles. The summed E-state index contributed by atoms with van der Waals surface area (Å²) >= 11 is 0. The van der Waals surface area contributed by atoms with Crippen molar-refractivity contribution in [2.45, 2.75) is 0 Å². The Kier molecular flexibility index (Phi) is 2.06. The molecule has 1 aromatic heterocycles. The molecule has 0 amide bonds. The first kappa shape index (κ1) is 8.55. The number of aldehydes is 1. The average Bonchev–Trinajstić information content (AvgIpc) is 2.65. The van der Waals surface area contributed by atoms with Gasteiger partial charge in [0.1, 0.15) is 6.29 Å². The van der Waals surface area contributed by atoms with Gasteiger partial charge in [-0.1, -0.05) is 18.2 Å². The van der Waals surface area contributed by atoms with Crippen LogP contribution in [-0.2, 0) is 7.05 Å². The molecule has 0 aliphatic rings. The number of nitrogens with zero attached hydrogens (tertiary/aromatic N) is 4. The monoisotopic (exact) mass is 188 g/mol. The molecule has 0 spiro atoms. The maximum Gasteiger partial charge on any atom is 0.181 e. The molecule has 0 unspecified atom stereocenters. The smallest absolute Gasteiger partial charge is 0.181 e. The van der Waals surface area contributed by atoms with Crippen LogP contribution >= 0.6 is 0 Å². The van der Waals surface area contributed by atoms with E-state index in [9.17, 15) is 4.79 Å². The Hall–Kier alpha value is -2.04. The van der Waals surface area contributed by atoms with Gasteiger partial charge in [-0.25, -0.2) is 4.68 Å². The lowest BCUT2D eigenvalue weighted by atomic mass is 10.1. The third-order valence-electron chi connectivity index (χ3n) is 1.90. The van der Waals surface area contributed by atoms with Crippen molar-refractivity contribution in [3.8, 4) is 11.4 Å². The molecule has 2 rings (SSSR count). The van der Waals surface area contributed by atoms with Crippen molar-refractivity contribution in [3.05, 3.63) is 29.8 Å². The van der Waals surface area contributed by atoms with Crippen molar-refractivity contribution in [3.63, 3.8) is 0 Å². The number of aryl methyl sites for hydroxylation is 1. The Bertz CT molecular complexity index is 463. The lowest BCUT2D eigenvalue weighted by Gasteiger charge is -1.98. The standard InChI is InChI=1S/C9H8N4O/c1-13-9(10-11-12-13)8-4-2-3-7(5-8)6-14/h2-6H,1H3. The van der Waals surface area contributed by atoms with E-state index in [2.05, 4.69) is 15.5 Å². The number of tetrazole rings is 1. The minimum absolute atomic E-state index is 0.616. The van der Waals surface area contributed by atoms with E-state index in [1.165, 1.54) is 0 Å². The number of carbonyl (C=O) groups excluding carboxylic acids is 1. The molecule has 0 saturated heterocycles. The van der Waals surface area contributed by atoms with E-state index < -0.39 is 0 Å². The Morgan fingerprint density at radius 2 is 2.29 bits per heavy atom. The average molecular weight is 188 g/mol. The number of carbonyl (C=O) groups is 1. The van der Waals surface area contributed by atoms with Gasteiger partial charge in [0, 0.05) is 18.2 Å². The summed E-state index contributed by atoms with van der Waals surface area (Å²) in [5, 5.41) is 11.1. The van der Waals surface area contributed by atoms with Crippen molar-refractivity contribution >= 4 is 6.29 Å². The first-order valence-electron chi connectivity index (χ1n) is 4.09. The normalized spacial score (nSPS) is 10.1. The van der Waals surface area contributed by atoms with Crippen LogP contribution in [-0.4, -0.2) is 26.5 Å². The Morgan fingerprint density at radius 1 is 1.43 bits per heavy atom. The molecule has 2 aromatic rings. The zero-order chi connectivity index (χ0) is 9.97. The van der Waals surface area contributed by atoms with Gasteiger partial charge < -0.3 is 0 Å². The van der Waals surface area contributed by atoms with Crippen LogP contribution in [0.25, 0.3) is 11.4 Å². The largest absolute Gasteiger partial charge is 0.298 e. The van der Waals surface area contributed by atoms with Crippen LogP contribution in [0.3, 0.4) is 0 Å². The zero-order valence-electron chi connectivity index (χ0n) is 7.58. The Balaban J connectivity index is 2.52. The second-order valence-electron chi connectivity index (χ2n) is 2.87. The predicted octanol–water partition coefficient (Wildman–Crippen LogP) is 0.690. The third kappa shape index (κ3) is 1.39. The van der Waals surface area contributed by atoms with E-state index in [0.717, 1.165) is 11.8 Å². The number of rotatable bonds is 2. The molecule has 14 heavy (non-hydrogen) atoms. The van der Waals surface area contributed by atoms with E-state index in [0.29, 0.717) is 11.4 Å². The van der Waals surface area contributed by atoms with Gasteiger partial charge >= 0.3 is 0 Å². The first-order chi connectivity index (χ1) is 6.81. The van der Waals surface area contributed by atoms with Crippen molar-refractivity contribution in [1.82, 2.24) is 20.2 Å². The summed E-state index contributed by atoms with van der Waals surface area (Å²) in [7, 11) is 1.75. The minimum atomic E-state index is 0.616. The summed E-state index contributed by atoms with van der Waals surface area (Å²) < 4.78 is 1.56. The van der Waals surface area contributed by atoms with E-state index in [-0.39, 0.29) is 0 Å². The molecule has 1 aromatic carbocycles. The molecule has 70 valence electrons. The minimum Gasteiger partial charge on any atom is -0.298 e. The highest BCUT2D eigenvalue weighted by Crippen LogP contribution is 2.15. The number of hydrogen-bond donors (Lipinski definition) is 0. The Labute approximate surface area is 80.4 Å². The van der Waals surface area contributed by atoms with Crippen molar-refractivity contribution in [1.29, 1.82) is 0 Å². The fraction of sp³-hybridized carbons (Fsp3) is 0.111. The van der Waals surface area contributed by atoms with Gasteiger partial charge in [0.25, 0.3) is 0 Å². The summed E-state index contributed by atoms with van der Waals surface area (Å²) in [4.78, 5) is 10.6. The first-order valence-corrected chi connectivity index (χ1v) is 4.09. The highest BCUT2D eigenvalue weighted by molar-refractivity contribution is 5.77. The maximum atomic E-state index is 10.6. The summed E-state index contributed by atoms with van der Waals surface area (Å²) in [6.45, 7) is 0. The van der Waals surface area contributed by atoms with Gasteiger partial charge in [0.05, 0.1) is 0 Å². The Morgan fingerprint density at radius 3 is 2.93 bits per heavy atom. The van der Waals surface area contributed by atoms with E-state index in [1.807, 2.05) is 6.07 Å². The topological polar surface area (TPSA) is 60.7 Å². The van der Waals surface area contributed by atoms with Crippen molar-refractivity contribution in [2.24, 2.45) is 7.05 Å². The molecule has 0 bridgehead atoms. The molecule has 0 atom stereocenters. The van der Waals surface area contributed by atoms with Gasteiger partial charge in [-0.3, -0.25) is 4.79 Å². The van der Waals surface area contributed by atoms with Crippen LogP contribution < -0.4 is 0 Å². The van der Waals surface area contributed by atoms with Gasteiger partial charge in [-0.05, 0) is 16.5 Å². The SMILES string of the molecule is Cn1nnnc1-c1cccc(C=O)c1. The lowest BCUT2D eigenvalue weighted by Crippen LogP contribution is -1.94. The van der Waals surface area contributed by atoms with Gasteiger partial charge in [-0.15, -0.1) is 5.10 Å². The number of benzene rings is 1. The summed E-state index contributed by atoms with van der Waals surface area (Å²) in [5.74, 6) is 0.647. The van der Waals surface area contributed by atoms with Crippen LogP contribution in [0.2, 0.25) is 0 Å². The second kappa shape index (κ2) is 3.37. The lowest BCUT2D eigenvalue weighted by molar-refractivity contribution is 0.112. The molecule has 0 aliphatic heterocycles. The molecule has 0 radical (unpaired) electrons. The highest BCUT2D eigenvalue weighted by atomic mass is 16.1. The summed E-state index contributed by atoms with van der Waals surface area (Å²) in [5.41, 5.74) is 1.45. The van der Waals surface area contributed by atoms with Crippen LogP contribution in [0.1, 0.15) is 10.4 Å². The molecule has 0 N–H and O–H groups in total. The predicted molar refractivity (Wildman–Crippen MR) is 49.6 cm³/mol. The van der Waals surface area contributed by atoms with Gasteiger partial charge in [-0.2, -0.15) is 0 Å². The molecule has 0 fully saturated rings. The van der Waals surface area contributed by atoms with Gasteiger partial charge in [0.2, 0.25) is 0 Å². The van der Waals surface area contributed by atoms with Crippen LogP contribution in [0.5, 0.6) is 0 Å². The number of hydrogen-bond acceptors (Lipinski definition) is 4. The highest BCUT2D eigenvalue weighted by Gasteiger charge is 2.05. The van der Waals surface area contributed by atoms with Gasteiger partial charge in [0.15, 0.2) is 5.82 Å². The zero-order valence-corrected chi connectivity index (χ0v) is 7.58. The fourth-order valence-corrected chi connectivity index (χ4v) is 1.23. The van der Waals surface area contributed by atoms with Crippen LogP contribution in [0.4, 0.5) is 0 Å². The third-order valence-corrected chi connectivity index (χ3v) is 1.90. The molecule has 5 heteroatoms. The maximum absolute atomic E-state index is 10.6. The summed E-state index contributed by atoms with van der Waals surface area (Å²) in [6.07, 6.45) is 0.799. The second-order valence-corrected chi connectivity index (χ2v) is 2.87.